The first kappa shape index (κ1) is 37.8. The summed E-state index contributed by atoms with van der Waals surface area (Å²) in [6, 6.07) is 93.4. The van der Waals surface area contributed by atoms with Gasteiger partial charge in [0.05, 0.1) is 22.4 Å². The van der Waals surface area contributed by atoms with Crippen LogP contribution in [0.2, 0.25) is 0 Å². The van der Waals surface area contributed by atoms with Crippen LogP contribution in [0.1, 0.15) is 0 Å². The van der Waals surface area contributed by atoms with Gasteiger partial charge in [-0.05, 0) is 120 Å². The zero-order valence-electron chi connectivity index (χ0n) is 36.1. The van der Waals surface area contributed by atoms with Crippen molar-refractivity contribution in [2.75, 3.05) is 4.90 Å². The predicted octanol–water partition coefficient (Wildman–Crippen LogP) is 17.9. The topological polar surface area (TPSA) is 8.17 Å². The summed E-state index contributed by atoms with van der Waals surface area (Å²) in [5.74, 6) is 0. The van der Waals surface area contributed by atoms with Gasteiger partial charge in [-0.1, -0.05) is 206 Å². The van der Waals surface area contributed by atoms with Gasteiger partial charge in [-0.25, -0.2) is 0 Å². The Morgan fingerprint density at radius 1 is 0.288 bits per heavy atom. The van der Waals surface area contributed by atoms with Gasteiger partial charge >= 0.3 is 0 Å². The van der Waals surface area contributed by atoms with Gasteiger partial charge in [0.15, 0.2) is 0 Å². The van der Waals surface area contributed by atoms with Crippen LogP contribution in [0.4, 0.5) is 17.1 Å². The summed E-state index contributed by atoms with van der Waals surface area (Å²) < 4.78 is 2.46. The number of nitrogens with zero attached hydrogens (tertiary/aromatic N) is 2. The van der Waals surface area contributed by atoms with E-state index < -0.39 is 0 Å². The second-order valence-electron chi connectivity index (χ2n) is 17.2. The molecule has 0 atom stereocenters. The summed E-state index contributed by atoms with van der Waals surface area (Å²) in [6.07, 6.45) is 0. The van der Waals surface area contributed by atoms with Crippen LogP contribution in [0.3, 0.4) is 0 Å². The van der Waals surface area contributed by atoms with Crippen molar-refractivity contribution in [3.63, 3.8) is 0 Å². The molecule has 1 aromatic heterocycles. The Kier molecular flexibility index (Phi) is 8.89. The van der Waals surface area contributed by atoms with Crippen molar-refractivity contribution < 1.29 is 0 Å². The SMILES string of the molecule is c1ccc(-c2c(-c3ccccc3)c3cc(N(c4ccc(-c5cccc6ccccc56)cc4)c4cccc5c4c4ccccc4n5-c4cccc5ccccc45)ccc3c3ccccc23)cc1. The largest absolute Gasteiger partial charge is 0.310 e. The van der Waals surface area contributed by atoms with E-state index in [1.54, 1.807) is 0 Å². The Morgan fingerprint density at radius 2 is 0.803 bits per heavy atom. The zero-order valence-corrected chi connectivity index (χ0v) is 36.1. The Labute approximate surface area is 383 Å². The summed E-state index contributed by atoms with van der Waals surface area (Å²) in [5, 5.41) is 12.3. The molecule has 308 valence electrons. The Balaban J connectivity index is 1.12. The smallest absolute Gasteiger partial charge is 0.0562 e. The molecule has 0 spiro atoms. The molecule has 0 aliphatic carbocycles. The number of anilines is 3. The fourth-order valence-electron chi connectivity index (χ4n) is 10.7. The first-order valence-corrected chi connectivity index (χ1v) is 22.8. The van der Waals surface area contributed by atoms with Gasteiger partial charge in [-0.2, -0.15) is 0 Å². The highest BCUT2D eigenvalue weighted by atomic mass is 15.1. The van der Waals surface area contributed by atoms with Crippen molar-refractivity contribution in [3.8, 4) is 39.1 Å². The zero-order chi connectivity index (χ0) is 43.6. The quantitative estimate of drug-likeness (QED) is 0.145. The van der Waals surface area contributed by atoms with Crippen LogP contribution in [0.15, 0.2) is 255 Å². The van der Waals surface area contributed by atoms with E-state index in [0.29, 0.717) is 0 Å². The molecular weight excluding hydrogens is 797 g/mol. The number of aromatic nitrogens is 1. The van der Waals surface area contributed by atoms with E-state index in [1.165, 1.54) is 98.4 Å². The van der Waals surface area contributed by atoms with Gasteiger partial charge in [0.1, 0.15) is 0 Å². The summed E-state index contributed by atoms with van der Waals surface area (Å²) in [5.41, 5.74) is 14.1. The average Bonchev–Trinajstić information content (AvgIpc) is 3.73. The van der Waals surface area contributed by atoms with Crippen molar-refractivity contribution in [2.45, 2.75) is 0 Å². The van der Waals surface area contributed by atoms with Crippen molar-refractivity contribution in [3.05, 3.63) is 255 Å². The lowest BCUT2D eigenvalue weighted by Gasteiger charge is -2.28. The second kappa shape index (κ2) is 15.5. The van der Waals surface area contributed by atoms with Crippen LogP contribution < -0.4 is 4.90 Å². The molecule has 1 heterocycles. The molecular formula is C64H42N2. The summed E-state index contributed by atoms with van der Waals surface area (Å²) >= 11 is 0. The number of benzene rings is 12. The fraction of sp³-hybridized carbons (Fsp3) is 0. The fourth-order valence-corrected chi connectivity index (χ4v) is 10.7. The molecule has 0 amide bonds. The van der Waals surface area contributed by atoms with Crippen LogP contribution in [0.25, 0.3) is 104 Å². The first-order chi connectivity index (χ1) is 32.8. The van der Waals surface area contributed by atoms with Gasteiger partial charge in [-0.3, -0.25) is 0 Å². The minimum absolute atomic E-state index is 1.08. The molecule has 0 aliphatic heterocycles. The molecule has 13 aromatic rings. The predicted molar refractivity (Wildman–Crippen MR) is 282 cm³/mol. The van der Waals surface area contributed by atoms with Gasteiger partial charge < -0.3 is 9.47 Å². The number of rotatable bonds is 7. The third-order valence-corrected chi connectivity index (χ3v) is 13.5. The van der Waals surface area contributed by atoms with Crippen molar-refractivity contribution in [2.24, 2.45) is 0 Å². The van der Waals surface area contributed by atoms with Crippen LogP contribution >= 0.6 is 0 Å². The molecule has 0 N–H and O–H groups in total. The van der Waals surface area contributed by atoms with Crippen LogP contribution in [0.5, 0.6) is 0 Å². The molecule has 0 bridgehead atoms. The van der Waals surface area contributed by atoms with Gasteiger partial charge in [0.2, 0.25) is 0 Å². The number of hydrogen-bond donors (Lipinski definition) is 0. The molecule has 0 saturated carbocycles. The van der Waals surface area contributed by atoms with Crippen LogP contribution in [-0.2, 0) is 0 Å². The van der Waals surface area contributed by atoms with Crippen LogP contribution in [-0.4, -0.2) is 4.57 Å². The average molecular weight is 839 g/mol. The lowest BCUT2D eigenvalue weighted by Crippen LogP contribution is -2.10. The summed E-state index contributed by atoms with van der Waals surface area (Å²) in [6.45, 7) is 0. The normalized spacial score (nSPS) is 11.6. The lowest BCUT2D eigenvalue weighted by molar-refractivity contribution is 1.20. The Bertz CT molecular complexity index is 3970. The Morgan fingerprint density at radius 3 is 1.55 bits per heavy atom. The monoisotopic (exact) mass is 838 g/mol. The second-order valence-corrected chi connectivity index (χ2v) is 17.2. The van der Waals surface area contributed by atoms with E-state index in [9.17, 15) is 0 Å². The van der Waals surface area contributed by atoms with Gasteiger partial charge in [0.25, 0.3) is 0 Å². The maximum absolute atomic E-state index is 2.49. The minimum atomic E-state index is 1.08. The van der Waals surface area contributed by atoms with Crippen LogP contribution in [0, 0.1) is 0 Å². The summed E-state index contributed by atoms with van der Waals surface area (Å²) in [7, 11) is 0. The molecule has 0 unspecified atom stereocenters. The van der Waals surface area contributed by atoms with E-state index in [4.69, 9.17) is 0 Å². The third kappa shape index (κ3) is 6.04. The molecule has 66 heavy (non-hydrogen) atoms. The van der Waals surface area contributed by atoms with E-state index in [1.807, 2.05) is 0 Å². The molecule has 0 fully saturated rings. The summed E-state index contributed by atoms with van der Waals surface area (Å²) in [4.78, 5) is 2.49. The van der Waals surface area contributed by atoms with E-state index in [2.05, 4.69) is 264 Å². The van der Waals surface area contributed by atoms with Crippen molar-refractivity contribution >= 4 is 82.0 Å². The van der Waals surface area contributed by atoms with Gasteiger partial charge in [0, 0.05) is 27.5 Å². The molecule has 0 saturated heterocycles. The molecule has 0 aliphatic rings. The standard InChI is InChI=1S/C64H42N2/c1-3-20-46(21-4-1)62-55-29-12-11-28-53(55)54-41-40-49(42-57(54)63(62)47-22-5-2-6-23-47)65(48-38-36-45(37-39-48)51-31-15-24-43-18-7-9-26-50(43)51)60-34-17-35-61-64(60)56-30-13-14-32-59(56)66(61)58-33-16-25-44-19-8-10-27-52(44)58/h1-42H. The maximum Gasteiger partial charge on any atom is 0.0562 e. The highest BCUT2D eigenvalue weighted by Crippen LogP contribution is 2.49. The maximum atomic E-state index is 2.49. The van der Waals surface area contributed by atoms with E-state index in [0.717, 1.165) is 22.6 Å². The number of fused-ring (bicyclic) bond motifs is 8. The molecule has 12 aromatic carbocycles. The van der Waals surface area contributed by atoms with Gasteiger partial charge in [-0.15, -0.1) is 0 Å². The molecule has 0 radical (unpaired) electrons. The minimum Gasteiger partial charge on any atom is -0.310 e. The number of para-hydroxylation sites is 1. The van der Waals surface area contributed by atoms with E-state index >= 15 is 0 Å². The number of hydrogen-bond acceptors (Lipinski definition) is 1. The van der Waals surface area contributed by atoms with Crippen molar-refractivity contribution in [1.29, 1.82) is 0 Å². The van der Waals surface area contributed by atoms with Crippen molar-refractivity contribution in [1.82, 2.24) is 4.57 Å². The first-order valence-electron chi connectivity index (χ1n) is 22.8. The highest BCUT2D eigenvalue weighted by molar-refractivity contribution is 6.23. The molecule has 13 rings (SSSR count). The lowest BCUT2D eigenvalue weighted by atomic mass is 9.85. The molecule has 2 nitrogen and oxygen atoms in total. The third-order valence-electron chi connectivity index (χ3n) is 13.5. The highest BCUT2D eigenvalue weighted by Gasteiger charge is 2.24. The van der Waals surface area contributed by atoms with E-state index in [-0.39, 0.29) is 0 Å². The molecule has 2 heteroatoms. The Hall–Kier alpha value is -8.72.